The second kappa shape index (κ2) is 13.3. The molecule has 1 aromatic heterocycles. The summed E-state index contributed by atoms with van der Waals surface area (Å²) >= 11 is 0. The molecule has 0 aromatic carbocycles. The van der Waals surface area contributed by atoms with E-state index in [9.17, 15) is 14.7 Å². The topological polar surface area (TPSA) is 79.3 Å². The van der Waals surface area contributed by atoms with Gasteiger partial charge in [-0.2, -0.15) is 0 Å². The van der Waals surface area contributed by atoms with Crippen molar-refractivity contribution in [1.82, 2.24) is 10.3 Å². The first-order valence-electron chi connectivity index (χ1n) is 11.3. The Labute approximate surface area is 175 Å². The van der Waals surface area contributed by atoms with Crippen LogP contribution in [0.5, 0.6) is 0 Å². The Kier molecular flexibility index (Phi) is 10.6. The van der Waals surface area contributed by atoms with Crippen molar-refractivity contribution in [3.05, 3.63) is 35.2 Å². The first kappa shape index (κ1) is 23.3. The van der Waals surface area contributed by atoms with Gasteiger partial charge in [0, 0.05) is 12.7 Å². The highest BCUT2D eigenvalue weighted by Crippen LogP contribution is 2.25. The summed E-state index contributed by atoms with van der Waals surface area (Å²) in [6.45, 7) is 3.22. The van der Waals surface area contributed by atoms with Crippen molar-refractivity contribution in [2.45, 2.75) is 84.0 Å². The number of nitrogens with one attached hydrogen (secondary N) is 1. The molecule has 0 fully saturated rings. The minimum absolute atomic E-state index is 0.125. The van der Waals surface area contributed by atoms with Gasteiger partial charge in [-0.1, -0.05) is 77.6 Å². The molecule has 0 amide bonds. The minimum Gasteiger partial charge on any atom is -0.505 e. The van der Waals surface area contributed by atoms with Gasteiger partial charge in [-0.3, -0.25) is 14.6 Å². The lowest BCUT2D eigenvalue weighted by molar-refractivity contribution is -0.112. The summed E-state index contributed by atoms with van der Waals surface area (Å²) in [5.41, 5.74) is 0.513. The molecule has 2 N–H and O–H groups in total. The van der Waals surface area contributed by atoms with E-state index in [1.807, 2.05) is 0 Å². The van der Waals surface area contributed by atoms with Crippen LogP contribution in [0.15, 0.2) is 23.9 Å². The van der Waals surface area contributed by atoms with Gasteiger partial charge in [-0.05, 0) is 25.1 Å². The van der Waals surface area contributed by atoms with Gasteiger partial charge in [0.2, 0.25) is 11.6 Å². The number of fused-ring (bicyclic) bond motifs is 1. The number of hydrogen-bond acceptors (Lipinski definition) is 5. The number of carbonyl (C=O) groups excluding carboxylic acids is 2. The van der Waals surface area contributed by atoms with Gasteiger partial charge < -0.3 is 10.4 Å². The highest BCUT2D eigenvalue weighted by molar-refractivity contribution is 6.52. The second-order valence-electron chi connectivity index (χ2n) is 7.95. The number of pyridine rings is 1. The average Bonchev–Trinajstić information content (AvgIpc) is 2.74. The van der Waals surface area contributed by atoms with Gasteiger partial charge in [0.05, 0.1) is 11.1 Å². The summed E-state index contributed by atoms with van der Waals surface area (Å²) in [5.74, 6) is -1.40. The molecule has 5 nitrogen and oxygen atoms in total. The van der Waals surface area contributed by atoms with E-state index < -0.39 is 11.6 Å². The Bertz CT molecular complexity index is 697. The molecule has 0 radical (unpaired) electrons. The lowest BCUT2D eigenvalue weighted by Gasteiger charge is -2.17. The van der Waals surface area contributed by atoms with Crippen LogP contribution < -0.4 is 5.32 Å². The summed E-state index contributed by atoms with van der Waals surface area (Å²) in [7, 11) is 0. The Morgan fingerprint density at radius 1 is 0.862 bits per heavy atom. The third-order valence-electron chi connectivity index (χ3n) is 5.55. The minimum atomic E-state index is -0.634. The van der Waals surface area contributed by atoms with E-state index in [1.54, 1.807) is 6.07 Å². The number of carbonyl (C=O) groups is 2. The van der Waals surface area contributed by atoms with E-state index in [1.165, 1.54) is 76.5 Å². The van der Waals surface area contributed by atoms with Crippen molar-refractivity contribution in [3.63, 3.8) is 0 Å². The molecular formula is C24H36N2O3. The maximum absolute atomic E-state index is 12.2. The normalized spacial score (nSPS) is 13.8. The zero-order chi connectivity index (χ0) is 20.9. The van der Waals surface area contributed by atoms with Crippen molar-refractivity contribution < 1.29 is 14.7 Å². The van der Waals surface area contributed by atoms with Crippen LogP contribution in [0.1, 0.15) is 100 Å². The van der Waals surface area contributed by atoms with Crippen LogP contribution in [-0.4, -0.2) is 34.7 Å². The van der Waals surface area contributed by atoms with Crippen molar-refractivity contribution in [2.75, 3.05) is 13.1 Å². The predicted molar refractivity (Wildman–Crippen MR) is 117 cm³/mol. The first-order chi connectivity index (χ1) is 14.2. The van der Waals surface area contributed by atoms with Crippen LogP contribution >= 0.6 is 0 Å². The van der Waals surface area contributed by atoms with Gasteiger partial charge >= 0.3 is 0 Å². The van der Waals surface area contributed by atoms with Crippen molar-refractivity contribution in [1.29, 1.82) is 0 Å². The molecule has 1 aliphatic carbocycles. The molecule has 0 bridgehead atoms. The van der Waals surface area contributed by atoms with Gasteiger partial charge in [-0.15, -0.1) is 0 Å². The number of unbranched alkanes of at least 4 members (excludes halogenated alkanes) is 11. The monoisotopic (exact) mass is 400 g/mol. The molecule has 1 heterocycles. The number of aliphatic hydroxyl groups is 1. The average molecular weight is 401 g/mol. The summed E-state index contributed by atoms with van der Waals surface area (Å²) in [4.78, 5) is 28.4. The van der Waals surface area contributed by atoms with Gasteiger partial charge in [0.15, 0.2) is 0 Å². The Morgan fingerprint density at radius 2 is 1.45 bits per heavy atom. The third kappa shape index (κ3) is 7.39. The molecule has 0 unspecified atom stereocenters. The number of hydrogen-bond donors (Lipinski definition) is 2. The van der Waals surface area contributed by atoms with Gasteiger partial charge in [0.1, 0.15) is 11.5 Å². The van der Waals surface area contributed by atoms with Crippen LogP contribution in [0.25, 0.3) is 5.76 Å². The van der Waals surface area contributed by atoms with E-state index in [-0.39, 0.29) is 29.1 Å². The lowest BCUT2D eigenvalue weighted by atomic mass is 9.91. The fourth-order valence-corrected chi connectivity index (χ4v) is 3.76. The molecule has 0 atom stereocenters. The standard InChI is InChI=1S/C24H36N2O3/c1-2-3-4-5-6-7-8-9-10-11-12-13-16-25-18-20-22(27)21-19(15-14-17-26-21)23(28)24(20)29/h14-15,17,25,27H,2-13,16,18H2,1H3. The second-order valence-corrected chi connectivity index (χ2v) is 7.95. The zero-order valence-corrected chi connectivity index (χ0v) is 17.8. The maximum atomic E-state index is 12.2. The van der Waals surface area contributed by atoms with Gasteiger partial charge in [-0.25, -0.2) is 0 Å². The molecule has 2 rings (SSSR count). The Balaban J connectivity index is 1.55. The molecule has 0 saturated carbocycles. The van der Waals surface area contributed by atoms with Crippen molar-refractivity contribution in [2.24, 2.45) is 0 Å². The number of rotatable bonds is 15. The summed E-state index contributed by atoms with van der Waals surface area (Å²) in [6.07, 6.45) is 17.1. The molecule has 0 aliphatic heterocycles. The summed E-state index contributed by atoms with van der Waals surface area (Å²) in [6, 6.07) is 3.11. The van der Waals surface area contributed by atoms with E-state index in [4.69, 9.17) is 0 Å². The number of ketones is 2. The summed E-state index contributed by atoms with van der Waals surface area (Å²) in [5, 5.41) is 13.5. The largest absolute Gasteiger partial charge is 0.505 e. The van der Waals surface area contributed by atoms with Crippen molar-refractivity contribution in [3.8, 4) is 0 Å². The number of nitrogens with zero attached hydrogens (tertiary/aromatic N) is 1. The number of aromatic nitrogens is 1. The molecule has 5 heteroatoms. The van der Waals surface area contributed by atoms with Crippen LogP contribution in [0.3, 0.4) is 0 Å². The van der Waals surface area contributed by atoms with Crippen LogP contribution in [0.4, 0.5) is 0 Å². The van der Waals surface area contributed by atoms with Crippen molar-refractivity contribution >= 4 is 17.3 Å². The molecular weight excluding hydrogens is 364 g/mol. The number of Topliss-reactive ketones (excluding diaryl/α,β-unsaturated/α-hetero) is 2. The predicted octanol–water partition coefficient (Wildman–Crippen LogP) is 5.41. The molecule has 0 saturated heterocycles. The molecule has 0 spiro atoms. The third-order valence-corrected chi connectivity index (χ3v) is 5.55. The quantitative estimate of drug-likeness (QED) is 0.304. The molecule has 1 aromatic rings. The first-order valence-corrected chi connectivity index (χ1v) is 11.3. The number of aliphatic hydroxyl groups excluding tert-OH is 1. The van der Waals surface area contributed by atoms with E-state index >= 15 is 0 Å². The van der Waals surface area contributed by atoms with Crippen LogP contribution in [-0.2, 0) is 4.79 Å². The fourth-order valence-electron chi connectivity index (χ4n) is 3.76. The smallest absolute Gasteiger partial charge is 0.235 e. The molecule has 1 aliphatic rings. The highest BCUT2D eigenvalue weighted by atomic mass is 16.3. The Hall–Kier alpha value is -2.01. The van der Waals surface area contributed by atoms with E-state index in [0.717, 1.165) is 19.4 Å². The molecule has 160 valence electrons. The van der Waals surface area contributed by atoms with Gasteiger partial charge in [0.25, 0.3) is 0 Å². The van der Waals surface area contributed by atoms with Crippen LogP contribution in [0.2, 0.25) is 0 Å². The summed E-state index contributed by atoms with van der Waals surface area (Å²) < 4.78 is 0. The Morgan fingerprint density at radius 3 is 2.07 bits per heavy atom. The maximum Gasteiger partial charge on any atom is 0.235 e. The fraction of sp³-hybridized carbons (Fsp3) is 0.625. The highest BCUT2D eigenvalue weighted by Gasteiger charge is 2.33. The SMILES string of the molecule is CCCCCCCCCCCCCCNCC1=C(O)c2ncccc2C(=O)C1=O. The zero-order valence-electron chi connectivity index (χ0n) is 17.8. The van der Waals surface area contributed by atoms with E-state index in [2.05, 4.69) is 17.2 Å². The van der Waals surface area contributed by atoms with Crippen LogP contribution in [0, 0.1) is 0 Å². The van der Waals surface area contributed by atoms with E-state index in [0.29, 0.717) is 0 Å². The lowest BCUT2D eigenvalue weighted by Crippen LogP contribution is -2.31. The molecule has 29 heavy (non-hydrogen) atoms.